The fraction of sp³-hybridized carbons (Fsp3) is 0.292. The van der Waals surface area contributed by atoms with Crippen molar-refractivity contribution in [1.82, 2.24) is 15.2 Å². The Kier molecular flexibility index (Phi) is 5.56. The first-order valence-corrected chi connectivity index (χ1v) is 10.1. The molecule has 1 aliphatic heterocycles. The van der Waals surface area contributed by atoms with Gasteiger partial charge in [-0.05, 0) is 54.3 Å². The largest absolute Gasteiger partial charge is 0.349 e. The number of carbonyl (C=O) groups excluding carboxylic acids is 2. The summed E-state index contributed by atoms with van der Waals surface area (Å²) in [6.07, 6.45) is 4.83. The lowest BCUT2D eigenvalue weighted by Gasteiger charge is -2.32. The number of nitrogens with one attached hydrogen (secondary N) is 1. The van der Waals surface area contributed by atoms with Gasteiger partial charge in [0.05, 0.1) is 6.04 Å². The molecule has 5 heteroatoms. The van der Waals surface area contributed by atoms with Gasteiger partial charge in [0.1, 0.15) is 0 Å². The van der Waals surface area contributed by atoms with Crippen molar-refractivity contribution < 1.29 is 9.59 Å². The van der Waals surface area contributed by atoms with Crippen LogP contribution in [0.15, 0.2) is 67.0 Å². The van der Waals surface area contributed by atoms with Crippen LogP contribution >= 0.6 is 0 Å². The van der Waals surface area contributed by atoms with E-state index in [1.54, 1.807) is 12.4 Å². The van der Waals surface area contributed by atoms with Crippen LogP contribution in [-0.4, -0.2) is 34.8 Å². The van der Waals surface area contributed by atoms with Gasteiger partial charge in [0.2, 0.25) is 5.91 Å². The topological polar surface area (TPSA) is 62.3 Å². The second kappa shape index (κ2) is 8.43. The Morgan fingerprint density at radius 3 is 2.45 bits per heavy atom. The van der Waals surface area contributed by atoms with Gasteiger partial charge in [-0.2, -0.15) is 0 Å². The quantitative estimate of drug-likeness (QED) is 0.737. The van der Waals surface area contributed by atoms with E-state index in [9.17, 15) is 9.59 Å². The number of amides is 2. The van der Waals surface area contributed by atoms with Crippen molar-refractivity contribution in [2.75, 3.05) is 13.1 Å². The maximum Gasteiger partial charge on any atom is 0.254 e. The fourth-order valence-corrected chi connectivity index (χ4v) is 3.99. The van der Waals surface area contributed by atoms with Gasteiger partial charge in [0.15, 0.2) is 0 Å². The number of fused-ring (bicyclic) bond motifs is 1. The lowest BCUT2D eigenvalue weighted by atomic mass is 9.94. The third kappa shape index (κ3) is 4.14. The molecule has 3 aromatic rings. The van der Waals surface area contributed by atoms with E-state index in [1.807, 2.05) is 66.4 Å². The Hall–Kier alpha value is -3.21. The summed E-state index contributed by atoms with van der Waals surface area (Å²) in [6.45, 7) is 3.18. The molecule has 0 bridgehead atoms. The molecule has 0 spiro atoms. The van der Waals surface area contributed by atoms with Crippen molar-refractivity contribution in [3.63, 3.8) is 0 Å². The number of pyridine rings is 1. The molecule has 148 valence electrons. The molecule has 2 heterocycles. The molecule has 2 aromatic carbocycles. The molecule has 1 N–H and O–H groups in total. The molecule has 0 radical (unpaired) electrons. The number of piperidine rings is 1. The summed E-state index contributed by atoms with van der Waals surface area (Å²) in [6, 6.07) is 17.6. The van der Waals surface area contributed by atoms with Crippen LogP contribution in [0.3, 0.4) is 0 Å². The van der Waals surface area contributed by atoms with Crippen LogP contribution in [0.1, 0.15) is 41.7 Å². The minimum Gasteiger partial charge on any atom is -0.349 e. The van der Waals surface area contributed by atoms with Gasteiger partial charge in [-0.3, -0.25) is 14.6 Å². The van der Waals surface area contributed by atoms with E-state index in [0.29, 0.717) is 25.9 Å². The fourth-order valence-electron chi connectivity index (χ4n) is 3.99. The Labute approximate surface area is 170 Å². The molecular formula is C24H25N3O2. The highest BCUT2D eigenvalue weighted by Gasteiger charge is 2.29. The molecule has 5 nitrogen and oxygen atoms in total. The predicted molar refractivity (Wildman–Crippen MR) is 113 cm³/mol. The van der Waals surface area contributed by atoms with Gasteiger partial charge in [-0.25, -0.2) is 0 Å². The van der Waals surface area contributed by atoms with Crippen LogP contribution in [-0.2, 0) is 4.79 Å². The Morgan fingerprint density at radius 1 is 1.00 bits per heavy atom. The molecule has 2 amide bonds. The number of nitrogens with zero attached hydrogens (tertiary/aromatic N) is 2. The van der Waals surface area contributed by atoms with Gasteiger partial charge in [-0.15, -0.1) is 0 Å². The van der Waals surface area contributed by atoms with Crippen LogP contribution < -0.4 is 5.32 Å². The average molecular weight is 387 g/mol. The molecular weight excluding hydrogens is 362 g/mol. The molecule has 29 heavy (non-hydrogen) atoms. The summed E-state index contributed by atoms with van der Waals surface area (Å²) < 4.78 is 0. The van der Waals surface area contributed by atoms with Crippen molar-refractivity contribution in [2.45, 2.75) is 25.8 Å². The first kappa shape index (κ1) is 19.1. The van der Waals surface area contributed by atoms with Crippen molar-refractivity contribution in [2.24, 2.45) is 5.92 Å². The van der Waals surface area contributed by atoms with Gasteiger partial charge in [0.25, 0.3) is 5.91 Å². The average Bonchev–Trinajstić information content (AvgIpc) is 2.79. The van der Waals surface area contributed by atoms with Crippen molar-refractivity contribution in [1.29, 1.82) is 0 Å². The zero-order chi connectivity index (χ0) is 20.2. The minimum absolute atomic E-state index is 0.0470. The molecule has 1 aliphatic rings. The normalized spacial score (nSPS) is 15.8. The highest BCUT2D eigenvalue weighted by molar-refractivity contribution is 6.07. The van der Waals surface area contributed by atoms with E-state index >= 15 is 0 Å². The number of hydrogen-bond donors (Lipinski definition) is 1. The molecule has 1 unspecified atom stereocenters. The molecule has 1 aromatic heterocycles. The van der Waals surface area contributed by atoms with E-state index in [2.05, 4.69) is 10.3 Å². The Balaban J connectivity index is 1.37. The van der Waals surface area contributed by atoms with Crippen molar-refractivity contribution >= 4 is 22.6 Å². The van der Waals surface area contributed by atoms with Crippen molar-refractivity contribution in [3.05, 3.63) is 78.1 Å². The number of carbonyl (C=O) groups is 2. The second-order valence-electron chi connectivity index (χ2n) is 7.60. The summed E-state index contributed by atoms with van der Waals surface area (Å²) in [5, 5.41) is 5.14. The molecule has 4 rings (SSSR count). The molecule has 0 saturated carbocycles. The number of hydrogen-bond acceptors (Lipinski definition) is 3. The van der Waals surface area contributed by atoms with E-state index in [-0.39, 0.29) is 23.8 Å². The Bertz CT molecular complexity index is 1010. The number of likely N-dealkylation sites (tertiary alicyclic amines) is 1. The maximum absolute atomic E-state index is 13.1. The molecule has 1 saturated heterocycles. The summed E-state index contributed by atoms with van der Waals surface area (Å²) in [7, 11) is 0. The molecule has 1 atom stereocenters. The molecule has 1 fully saturated rings. The maximum atomic E-state index is 13.1. The molecule has 0 aliphatic carbocycles. The lowest BCUT2D eigenvalue weighted by molar-refractivity contribution is -0.126. The number of aromatic nitrogens is 1. The van der Waals surface area contributed by atoms with Crippen LogP contribution in [0.25, 0.3) is 10.8 Å². The van der Waals surface area contributed by atoms with Gasteiger partial charge in [0, 0.05) is 37.0 Å². The highest BCUT2D eigenvalue weighted by atomic mass is 16.2. The standard InChI is InChI=1S/C24H25N3O2/c1-17(18-9-13-25-14-10-18)26-23(28)20-11-15-27(16-12-20)24(29)22-8-4-6-19-5-2-3-7-21(19)22/h2-10,13-14,17,20H,11-12,15-16H2,1H3,(H,26,28). The summed E-state index contributed by atoms with van der Waals surface area (Å²) in [4.78, 5) is 31.6. The Morgan fingerprint density at radius 2 is 1.69 bits per heavy atom. The van der Waals surface area contributed by atoms with E-state index in [1.165, 1.54) is 0 Å². The summed E-state index contributed by atoms with van der Waals surface area (Å²) in [5.41, 5.74) is 1.77. The first-order chi connectivity index (χ1) is 14.1. The van der Waals surface area contributed by atoms with Gasteiger partial charge >= 0.3 is 0 Å². The highest BCUT2D eigenvalue weighted by Crippen LogP contribution is 2.24. The van der Waals surface area contributed by atoms with Crippen LogP contribution in [0.4, 0.5) is 0 Å². The zero-order valence-electron chi connectivity index (χ0n) is 16.5. The van der Waals surface area contributed by atoms with Gasteiger partial charge < -0.3 is 10.2 Å². The summed E-state index contributed by atoms with van der Waals surface area (Å²) in [5.74, 6) is 0.0493. The van der Waals surface area contributed by atoms with Gasteiger partial charge in [-0.1, -0.05) is 36.4 Å². The number of benzene rings is 2. The third-order valence-electron chi connectivity index (χ3n) is 5.74. The van der Waals surface area contributed by atoms with E-state index in [4.69, 9.17) is 0 Å². The first-order valence-electron chi connectivity index (χ1n) is 10.1. The van der Waals surface area contributed by atoms with E-state index in [0.717, 1.165) is 21.9 Å². The van der Waals surface area contributed by atoms with Crippen LogP contribution in [0.5, 0.6) is 0 Å². The zero-order valence-corrected chi connectivity index (χ0v) is 16.5. The van der Waals surface area contributed by atoms with Crippen molar-refractivity contribution in [3.8, 4) is 0 Å². The lowest BCUT2D eigenvalue weighted by Crippen LogP contribution is -2.43. The van der Waals surface area contributed by atoms with E-state index < -0.39 is 0 Å². The van der Waals surface area contributed by atoms with Crippen LogP contribution in [0.2, 0.25) is 0 Å². The number of rotatable bonds is 4. The van der Waals surface area contributed by atoms with Crippen LogP contribution in [0, 0.1) is 5.92 Å². The predicted octanol–water partition coefficient (Wildman–Crippen LogP) is 3.96. The third-order valence-corrected chi connectivity index (χ3v) is 5.74. The second-order valence-corrected chi connectivity index (χ2v) is 7.60. The summed E-state index contributed by atoms with van der Waals surface area (Å²) >= 11 is 0. The minimum atomic E-state index is -0.0594. The monoisotopic (exact) mass is 387 g/mol. The SMILES string of the molecule is CC(NC(=O)C1CCN(C(=O)c2cccc3ccccc23)CC1)c1ccncc1. The smallest absolute Gasteiger partial charge is 0.254 e.